The van der Waals surface area contributed by atoms with Gasteiger partial charge in [-0.1, -0.05) is 18.2 Å². The first-order chi connectivity index (χ1) is 13.4. The van der Waals surface area contributed by atoms with Crippen LogP contribution in [0.2, 0.25) is 0 Å². The van der Waals surface area contributed by atoms with E-state index in [1.54, 1.807) is 13.0 Å². The number of hydrogen-bond acceptors (Lipinski definition) is 5. The molecule has 4 rings (SSSR count). The molecule has 2 aromatic carbocycles. The number of rotatable bonds is 3. The Bertz CT molecular complexity index is 1160. The van der Waals surface area contributed by atoms with E-state index in [0.717, 1.165) is 12.3 Å². The van der Waals surface area contributed by atoms with E-state index in [-0.39, 0.29) is 15.3 Å². The molecule has 0 saturated carbocycles. The van der Waals surface area contributed by atoms with Gasteiger partial charge in [-0.3, -0.25) is 4.98 Å². The van der Waals surface area contributed by atoms with Crippen molar-refractivity contribution in [1.82, 2.24) is 4.98 Å². The molecule has 0 amide bonds. The Morgan fingerprint density at radius 3 is 2.54 bits per heavy atom. The van der Waals surface area contributed by atoms with Crippen LogP contribution in [0.25, 0.3) is 10.9 Å². The topological polar surface area (TPSA) is 59.5 Å². The molecule has 2 heterocycles. The highest BCUT2D eigenvalue weighted by molar-refractivity contribution is 7.91. The zero-order valence-electron chi connectivity index (χ0n) is 15.2. The second kappa shape index (κ2) is 7.10. The molecule has 0 aliphatic carbocycles. The standard InChI is InChI=1S/C20H18F2N2O3S/c1-13-5-6-14(11-17(13)22)28(25,26)18-12-23-19-15(3-2-4-16(19)21)20(18)24-7-9-27-10-8-24/h2-6,11-12H,7-10H2,1H3. The molecule has 0 bridgehead atoms. The number of morpholine rings is 1. The Balaban J connectivity index is 1.99. The van der Waals surface area contributed by atoms with Crippen molar-refractivity contribution in [2.75, 3.05) is 31.2 Å². The Hall–Kier alpha value is -2.58. The molecule has 0 atom stereocenters. The van der Waals surface area contributed by atoms with E-state index in [4.69, 9.17) is 4.74 Å². The molecule has 5 nitrogen and oxygen atoms in total. The maximum Gasteiger partial charge on any atom is 0.210 e. The van der Waals surface area contributed by atoms with Crippen LogP contribution in [-0.4, -0.2) is 39.7 Å². The molecule has 0 spiro atoms. The predicted octanol–water partition coefficient (Wildman–Crippen LogP) is 3.49. The summed E-state index contributed by atoms with van der Waals surface area (Å²) in [7, 11) is -4.07. The Morgan fingerprint density at radius 1 is 1.07 bits per heavy atom. The molecule has 1 fully saturated rings. The number of hydrogen-bond donors (Lipinski definition) is 0. The van der Waals surface area contributed by atoms with Gasteiger partial charge in [-0.25, -0.2) is 17.2 Å². The highest BCUT2D eigenvalue weighted by Gasteiger charge is 2.28. The smallest absolute Gasteiger partial charge is 0.210 e. The van der Waals surface area contributed by atoms with E-state index in [0.29, 0.717) is 42.9 Å². The van der Waals surface area contributed by atoms with Crippen LogP contribution in [0.5, 0.6) is 0 Å². The van der Waals surface area contributed by atoms with E-state index in [1.165, 1.54) is 24.3 Å². The van der Waals surface area contributed by atoms with Gasteiger partial charge in [0, 0.05) is 24.7 Å². The maximum atomic E-state index is 14.3. The summed E-state index contributed by atoms with van der Waals surface area (Å²) in [5.41, 5.74) is 0.817. The monoisotopic (exact) mass is 404 g/mol. The molecule has 1 saturated heterocycles. The van der Waals surface area contributed by atoms with Gasteiger partial charge in [0.05, 0.1) is 23.8 Å². The molecular formula is C20H18F2N2O3S. The Kier molecular flexibility index (Phi) is 4.76. The first-order valence-electron chi connectivity index (χ1n) is 8.81. The summed E-state index contributed by atoms with van der Waals surface area (Å²) < 4.78 is 60.3. The average Bonchev–Trinajstić information content (AvgIpc) is 2.70. The minimum Gasteiger partial charge on any atom is -0.378 e. The molecule has 1 aromatic heterocycles. The summed E-state index contributed by atoms with van der Waals surface area (Å²) in [6, 6.07) is 8.24. The molecule has 146 valence electrons. The van der Waals surface area contributed by atoms with Crippen LogP contribution in [0.4, 0.5) is 14.5 Å². The third-order valence-electron chi connectivity index (χ3n) is 4.86. The van der Waals surface area contributed by atoms with Gasteiger partial charge >= 0.3 is 0 Å². The third-order valence-corrected chi connectivity index (χ3v) is 6.61. The van der Waals surface area contributed by atoms with Gasteiger partial charge in [-0.05, 0) is 30.7 Å². The summed E-state index contributed by atoms with van der Waals surface area (Å²) in [5.74, 6) is -1.13. The van der Waals surface area contributed by atoms with Crippen molar-refractivity contribution in [2.24, 2.45) is 0 Å². The van der Waals surface area contributed by atoms with E-state index < -0.39 is 21.5 Å². The predicted molar refractivity (Wildman–Crippen MR) is 101 cm³/mol. The molecule has 28 heavy (non-hydrogen) atoms. The van der Waals surface area contributed by atoms with Crippen LogP contribution in [0.1, 0.15) is 5.56 Å². The van der Waals surface area contributed by atoms with Crippen LogP contribution >= 0.6 is 0 Å². The number of halogens is 2. The number of aryl methyl sites for hydroxylation is 1. The second-order valence-corrected chi connectivity index (χ2v) is 8.54. The van der Waals surface area contributed by atoms with E-state index in [2.05, 4.69) is 4.98 Å². The van der Waals surface area contributed by atoms with Crippen molar-refractivity contribution in [3.05, 3.63) is 59.8 Å². The lowest BCUT2D eigenvalue weighted by Gasteiger charge is -2.31. The van der Waals surface area contributed by atoms with Gasteiger partial charge in [0.1, 0.15) is 22.0 Å². The zero-order chi connectivity index (χ0) is 19.9. The largest absolute Gasteiger partial charge is 0.378 e. The molecule has 0 unspecified atom stereocenters. The summed E-state index contributed by atoms with van der Waals surface area (Å²) in [5, 5.41) is 0.399. The molecule has 0 N–H and O–H groups in total. The quantitative estimate of drug-likeness (QED) is 0.669. The fourth-order valence-electron chi connectivity index (χ4n) is 3.33. The van der Waals surface area contributed by atoms with Crippen molar-refractivity contribution < 1.29 is 21.9 Å². The van der Waals surface area contributed by atoms with Gasteiger partial charge < -0.3 is 9.64 Å². The lowest BCUT2D eigenvalue weighted by atomic mass is 10.1. The molecular weight excluding hydrogens is 386 g/mol. The highest BCUT2D eigenvalue weighted by atomic mass is 32.2. The summed E-state index contributed by atoms with van der Waals surface area (Å²) in [6.07, 6.45) is 1.16. The second-order valence-electron chi connectivity index (χ2n) is 6.62. The number of anilines is 1. The van der Waals surface area contributed by atoms with Crippen LogP contribution < -0.4 is 4.90 Å². The summed E-state index contributed by atoms with van der Waals surface area (Å²) >= 11 is 0. The fraction of sp³-hybridized carbons (Fsp3) is 0.250. The van der Waals surface area contributed by atoms with E-state index >= 15 is 0 Å². The summed E-state index contributed by atoms with van der Waals surface area (Å²) in [6.45, 7) is 3.33. The SMILES string of the molecule is Cc1ccc(S(=O)(=O)c2cnc3c(F)cccc3c2N2CCOCC2)cc1F. The van der Waals surface area contributed by atoms with Crippen molar-refractivity contribution in [2.45, 2.75) is 16.7 Å². The van der Waals surface area contributed by atoms with E-state index in [9.17, 15) is 17.2 Å². The third kappa shape index (κ3) is 3.12. The number of nitrogens with zero attached hydrogens (tertiary/aromatic N) is 2. The van der Waals surface area contributed by atoms with Crippen molar-refractivity contribution >= 4 is 26.4 Å². The number of pyridine rings is 1. The lowest BCUT2D eigenvalue weighted by Crippen LogP contribution is -2.37. The Labute approximate surface area is 161 Å². The molecule has 8 heteroatoms. The van der Waals surface area contributed by atoms with Crippen LogP contribution in [0, 0.1) is 18.6 Å². The van der Waals surface area contributed by atoms with Crippen LogP contribution in [-0.2, 0) is 14.6 Å². The fourth-order valence-corrected chi connectivity index (χ4v) is 4.78. The normalized spacial score (nSPS) is 15.2. The summed E-state index contributed by atoms with van der Waals surface area (Å²) in [4.78, 5) is 5.68. The van der Waals surface area contributed by atoms with Crippen LogP contribution in [0.15, 0.2) is 52.4 Å². The maximum absolute atomic E-state index is 14.3. The molecule has 1 aliphatic rings. The molecule has 1 aliphatic heterocycles. The van der Waals surface area contributed by atoms with Crippen molar-refractivity contribution in [3.8, 4) is 0 Å². The van der Waals surface area contributed by atoms with Gasteiger partial charge in [0.15, 0.2) is 0 Å². The van der Waals surface area contributed by atoms with E-state index in [1.807, 2.05) is 4.90 Å². The lowest BCUT2D eigenvalue weighted by molar-refractivity contribution is 0.122. The first kappa shape index (κ1) is 18.8. The zero-order valence-corrected chi connectivity index (χ0v) is 16.0. The minimum absolute atomic E-state index is 0.0734. The van der Waals surface area contributed by atoms with Crippen molar-refractivity contribution in [1.29, 1.82) is 0 Å². The number of ether oxygens (including phenoxy) is 1. The molecule has 0 radical (unpaired) electrons. The van der Waals surface area contributed by atoms with Gasteiger partial charge in [0.25, 0.3) is 0 Å². The van der Waals surface area contributed by atoms with Gasteiger partial charge in [-0.2, -0.15) is 0 Å². The number of sulfone groups is 1. The molecule has 3 aromatic rings. The first-order valence-corrected chi connectivity index (χ1v) is 10.3. The van der Waals surface area contributed by atoms with Gasteiger partial charge in [-0.15, -0.1) is 0 Å². The minimum atomic E-state index is -4.07. The van der Waals surface area contributed by atoms with Crippen LogP contribution in [0.3, 0.4) is 0 Å². The number of fused-ring (bicyclic) bond motifs is 1. The van der Waals surface area contributed by atoms with Gasteiger partial charge in [0.2, 0.25) is 9.84 Å². The number of para-hydroxylation sites is 1. The highest BCUT2D eigenvalue weighted by Crippen LogP contribution is 2.37. The Morgan fingerprint density at radius 2 is 1.82 bits per heavy atom. The average molecular weight is 404 g/mol. The number of aromatic nitrogens is 1. The number of benzene rings is 2. The van der Waals surface area contributed by atoms with Crippen molar-refractivity contribution in [3.63, 3.8) is 0 Å².